The first-order chi connectivity index (χ1) is 5.75. The van der Waals surface area contributed by atoms with Crippen LogP contribution in [-0.4, -0.2) is 12.6 Å². The fourth-order valence-corrected chi connectivity index (χ4v) is 2.28. The van der Waals surface area contributed by atoms with Crippen molar-refractivity contribution in [3.8, 4) is 0 Å². The summed E-state index contributed by atoms with van der Waals surface area (Å²) in [7, 11) is 0. The fourth-order valence-electron chi connectivity index (χ4n) is 1.06. The predicted molar refractivity (Wildman–Crippen MR) is 52.3 cm³/mol. The summed E-state index contributed by atoms with van der Waals surface area (Å²) in [5.74, 6) is 0. The molecule has 2 N–H and O–H groups in total. The van der Waals surface area contributed by atoms with Gasteiger partial charge in [-0.15, -0.1) is 11.3 Å². The molecule has 0 bridgehead atoms. The lowest BCUT2D eigenvalue weighted by molar-refractivity contribution is 0.315. The molecule has 0 amide bonds. The molecule has 3 nitrogen and oxygen atoms in total. The summed E-state index contributed by atoms with van der Waals surface area (Å²) in [5, 5.41) is 2.06. The molecule has 0 aliphatic carbocycles. The van der Waals surface area contributed by atoms with Gasteiger partial charge in [0.1, 0.15) is 12.6 Å². The van der Waals surface area contributed by atoms with Gasteiger partial charge in [-0.05, 0) is 32.9 Å². The van der Waals surface area contributed by atoms with Gasteiger partial charge in [-0.25, -0.2) is 4.99 Å². The van der Waals surface area contributed by atoms with E-state index in [1.54, 1.807) is 11.3 Å². The topological polar surface area (TPSA) is 47.6 Å². The third-order valence-electron chi connectivity index (χ3n) is 1.64. The molecule has 0 aromatic carbocycles. The number of nitrogens with zero attached hydrogens (tertiary/aromatic N) is 1. The SMILES string of the molecule is NC1=NC(c2csc(Br)c2)CO1. The Morgan fingerprint density at radius 3 is 3.08 bits per heavy atom. The van der Waals surface area contributed by atoms with Gasteiger partial charge in [-0.3, -0.25) is 0 Å². The summed E-state index contributed by atoms with van der Waals surface area (Å²) in [6.45, 7) is 0.564. The lowest BCUT2D eigenvalue weighted by Gasteiger charge is -1.99. The van der Waals surface area contributed by atoms with Crippen molar-refractivity contribution in [1.82, 2.24) is 0 Å². The van der Waals surface area contributed by atoms with Gasteiger partial charge in [-0.2, -0.15) is 0 Å². The molecule has 1 unspecified atom stereocenters. The van der Waals surface area contributed by atoms with Gasteiger partial charge in [0.25, 0.3) is 6.02 Å². The highest BCUT2D eigenvalue weighted by molar-refractivity contribution is 9.11. The molecule has 5 heteroatoms. The Hall–Kier alpha value is -0.550. The van der Waals surface area contributed by atoms with E-state index in [9.17, 15) is 0 Å². The number of hydrogen-bond donors (Lipinski definition) is 1. The smallest absolute Gasteiger partial charge is 0.282 e. The maximum atomic E-state index is 5.39. The minimum absolute atomic E-state index is 0.0903. The van der Waals surface area contributed by atoms with Crippen molar-refractivity contribution in [3.05, 3.63) is 20.8 Å². The first-order valence-corrected chi connectivity index (χ1v) is 5.13. The van der Waals surface area contributed by atoms with E-state index in [4.69, 9.17) is 10.5 Å². The molecular weight excluding hydrogens is 240 g/mol. The van der Waals surface area contributed by atoms with Crippen molar-refractivity contribution in [2.24, 2.45) is 10.7 Å². The Bertz CT molecular complexity index is 323. The zero-order chi connectivity index (χ0) is 8.55. The molecule has 0 saturated heterocycles. The number of rotatable bonds is 1. The average molecular weight is 247 g/mol. The molecule has 1 atom stereocenters. The van der Waals surface area contributed by atoms with Crippen LogP contribution in [0.4, 0.5) is 0 Å². The van der Waals surface area contributed by atoms with Crippen LogP contribution in [0.3, 0.4) is 0 Å². The summed E-state index contributed by atoms with van der Waals surface area (Å²) < 4.78 is 6.16. The number of aliphatic imine (C=N–C) groups is 1. The average Bonchev–Trinajstić information content (AvgIpc) is 2.58. The molecule has 64 valence electrons. The molecule has 0 spiro atoms. The third kappa shape index (κ3) is 1.47. The van der Waals surface area contributed by atoms with Gasteiger partial charge in [0.05, 0.1) is 3.79 Å². The van der Waals surface area contributed by atoms with Crippen LogP contribution in [0.1, 0.15) is 11.6 Å². The second-order valence-electron chi connectivity index (χ2n) is 2.48. The number of halogens is 1. The van der Waals surface area contributed by atoms with Crippen LogP contribution in [0, 0.1) is 0 Å². The highest BCUT2D eigenvalue weighted by Crippen LogP contribution is 2.29. The molecule has 0 saturated carbocycles. The standard InChI is InChI=1S/C7H7BrN2OS/c8-6-1-4(3-12-6)5-2-11-7(9)10-5/h1,3,5H,2H2,(H2,9,10). The number of ether oxygens (including phenoxy) is 1. The van der Waals surface area contributed by atoms with Crippen LogP contribution in [0.5, 0.6) is 0 Å². The Morgan fingerprint density at radius 1 is 1.75 bits per heavy atom. The summed E-state index contributed by atoms with van der Waals surface area (Å²) in [4.78, 5) is 4.13. The third-order valence-corrected chi connectivity index (χ3v) is 3.17. The second kappa shape index (κ2) is 3.06. The van der Waals surface area contributed by atoms with E-state index >= 15 is 0 Å². The molecule has 0 radical (unpaired) electrons. The van der Waals surface area contributed by atoms with Crippen molar-refractivity contribution < 1.29 is 4.74 Å². The first-order valence-electron chi connectivity index (χ1n) is 3.46. The van der Waals surface area contributed by atoms with Crippen LogP contribution in [0.25, 0.3) is 0 Å². The molecule has 1 aromatic rings. The highest BCUT2D eigenvalue weighted by Gasteiger charge is 2.19. The normalized spacial score (nSPS) is 22.1. The molecule has 1 aromatic heterocycles. The van der Waals surface area contributed by atoms with Crippen molar-refractivity contribution >= 4 is 33.3 Å². The van der Waals surface area contributed by atoms with E-state index in [2.05, 4.69) is 26.3 Å². The van der Waals surface area contributed by atoms with E-state index in [1.807, 2.05) is 6.07 Å². The van der Waals surface area contributed by atoms with Gasteiger partial charge in [0.15, 0.2) is 0 Å². The largest absolute Gasteiger partial charge is 0.463 e. The van der Waals surface area contributed by atoms with Gasteiger partial charge >= 0.3 is 0 Å². The maximum Gasteiger partial charge on any atom is 0.282 e. The summed E-state index contributed by atoms with van der Waals surface area (Å²) in [5.41, 5.74) is 6.55. The van der Waals surface area contributed by atoms with Gasteiger partial charge in [0, 0.05) is 0 Å². The first kappa shape index (κ1) is 8.07. The Labute approximate surface area is 82.4 Å². The van der Waals surface area contributed by atoms with Crippen LogP contribution >= 0.6 is 27.3 Å². The fraction of sp³-hybridized carbons (Fsp3) is 0.286. The van der Waals surface area contributed by atoms with E-state index in [0.717, 1.165) is 9.35 Å². The molecule has 1 aliphatic rings. The maximum absolute atomic E-state index is 5.39. The minimum Gasteiger partial charge on any atom is -0.463 e. The molecule has 12 heavy (non-hydrogen) atoms. The quantitative estimate of drug-likeness (QED) is 0.823. The van der Waals surface area contributed by atoms with Crippen LogP contribution in [-0.2, 0) is 4.74 Å². The highest BCUT2D eigenvalue weighted by atomic mass is 79.9. The molecular formula is C7H7BrN2OS. The zero-order valence-corrected chi connectivity index (χ0v) is 8.56. The van der Waals surface area contributed by atoms with Crippen LogP contribution in [0.2, 0.25) is 0 Å². The number of amidine groups is 1. The van der Waals surface area contributed by atoms with E-state index in [0.29, 0.717) is 12.6 Å². The van der Waals surface area contributed by atoms with Crippen LogP contribution < -0.4 is 5.73 Å². The predicted octanol–water partition coefficient (Wildman–Crippen LogP) is 1.90. The summed E-state index contributed by atoms with van der Waals surface area (Å²) in [6.07, 6.45) is 0. The molecule has 1 aliphatic heterocycles. The Kier molecular flexibility index (Phi) is 2.06. The number of hydrogen-bond acceptors (Lipinski definition) is 4. The van der Waals surface area contributed by atoms with Gasteiger partial charge < -0.3 is 10.5 Å². The molecule has 2 rings (SSSR count). The summed E-state index contributed by atoms with van der Waals surface area (Å²) >= 11 is 5.04. The van der Waals surface area contributed by atoms with Gasteiger partial charge in [-0.1, -0.05) is 0 Å². The van der Waals surface area contributed by atoms with E-state index in [1.165, 1.54) is 0 Å². The molecule has 0 fully saturated rings. The minimum atomic E-state index is 0.0903. The molecule has 2 heterocycles. The lowest BCUT2D eigenvalue weighted by atomic mass is 10.2. The van der Waals surface area contributed by atoms with Crippen LogP contribution in [0.15, 0.2) is 20.2 Å². The van der Waals surface area contributed by atoms with E-state index in [-0.39, 0.29) is 6.04 Å². The monoisotopic (exact) mass is 246 g/mol. The zero-order valence-electron chi connectivity index (χ0n) is 6.16. The Balaban J connectivity index is 2.21. The Morgan fingerprint density at radius 2 is 2.58 bits per heavy atom. The van der Waals surface area contributed by atoms with Crippen molar-refractivity contribution in [2.45, 2.75) is 6.04 Å². The van der Waals surface area contributed by atoms with E-state index < -0.39 is 0 Å². The van der Waals surface area contributed by atoms with Crippen molar-refractivity contribution in [1.29, 1.82) is 0 Å². The lowest BCUT2D eigenvalue weighted by Crippen LogP contribution is -2.10. The number of nitrogens with two attached hydrogens (primary N) is 1. The second-order valence-corrected chi connectivity index (χ2v) is 4.77. The summed E-state index contributed by atoms with van der Waals surface area (Å²) in [6, 6.07) is 2.43. The number of thiophene rings is 1. The van der Waals surface area contributed by atoms with Gasteiger partial charge in [0.2, 0.25) is 0 Å². The van der Waals surface area contributed by atoms with Crippen molar-refractivity contribution in [2.75, 3.05) is 6.61 Å². The van der Waals surface area contributed by atoms with Crippen molar-refractivity contribution in [3.63, 3.8) is 0 Å².